The molecule has 3 N–H and O–H groups in total. The van der Waals surface area contributed by atoms with Crippen LogP contribution in [0.3, 0.4) is 0 Å². The average molecular weight is 399 g/mol. The van der Waals surface area contributed by atoms with Crippen molar-refractivity contribution in [3.8, 4) is 10.6 Å². The third-order valence-electron chi connectivity index (χ3n) is 3.49. The molecule has 0 saturated heterocycles. The minimum atomic E-state index is -0.386. The number of carbonyl (C=O) groups is 2. The zero-order valence-corrected chi connectivity index (χ0v) is 15.4. The number of anilines is 2. The quantitative estimate of drug-likeness (QED) is 0.458. The normalized spacial score (nSPS) is 10.7. The van der Waals surface area contributed by atoms with Crippen LogP contribution in [0.4, 0.5) is 10.9 Å². The number of nitrogens with one attached hydrogen (secondary N) is 3. The molecule has 0 fully saturated rings. The standard InChI is InChI=1S/C17H13N5O3S2/c23-15(19-14-8-11(21-22-14)13-4-2-6-26-13)7-10-9-27-17(18-10)20-16(24)12-3-1-5-25-12/h1-6,8-9H,7H2,(H,18,20,24)(H2,19,21,22,23). The van der Waals surface area contributed by atoms with Crippen LogP contribution >= 0.6 is 22.7 Å². The zero-order chi connectivity index (χ0) is 18.6. The van der Waals surface area contributed by atoms with E-state index >= 15 is 0 Å². The number of furan rings is 1. The summed E-state index contributed by atoms with van der Waals surface area (Å²) in [6.45, 7) is 0. The van der Waals surface area contributed by atoms with Crippen molar-refractivity contribution in [1.82, 2.24) is 15.2 Å². The topological polar surface area (TPSA) is 113 Å². The Hall–Kier alpha value is -3.24. The van der Waals surface area contributed by atoms with E-state index in [1.807, 2.05) is 17.5 Å². The number of thiophene rings is 1. The van der Waals surface area contributed by atoms with Gasteiger partial charge in [0.15, 0.2) is 16.7 Å². The molecule has 4 rings (SSSR count). The van der Waals surface area contributed by atoms with Crippen LogP contribution in [0, 0.1) is 0 Å². The number of amides is 2. The summed E-state index contributed by atoms with van der Waals surface area (Å²) in [7, 11) is 0. The molecule has 2 amide bonds. The van der Waals surface area contributed by atoms with Crippen molar-refractivity contribution in [2.45, 2.75) is 6.42 Å². The summed E-state index contributed by atoms with van der Waals surface area (Å²) in [5.74, 6) is 0.0194. The van der Waals surface area contributed by atoms with Gasteiger partial charge in [-0.15, -0.1) is 22.7 Å². The molecule has 4 aromatic heterocycles. The lowest BCUT2D eigenvalue weighted by Crippen LogP contribution is -2.15. The summed E-state index contributed by atoms with van der Waals surface area (Å²) in [5.41, 5.74) is 1.40. The molecule has 4 aromatic rings. The molecule has 0 radical (unpaired) electrons. The van der Waals surface area contributed by atoms with Gasteiger partial charge in [-0.2, -0.15) is 5.10 Å². The Bertz CT molecular complexity index is 1050. The van der Waals surface area contributed by atoms with Gasteiger partial charge in [0.25, 0.3) is 5.91 Å². The van der Waals surface area contributed by atoms with Crippen molar-refractivity contribution >= 4 is 45.4 Å². The van der Waals surface area contributed by atoms with Crippen molar-refractivity contribution in [2.24, 2.45) is 0 Å². The molecule has 0 atom stereocenters. The second-order valence-electron chi connectivity index (χ2n) is 5.44. The highest BCUT2D eigenvalue weighted by Crippen LogP contribution is 2.24. The third-order valence-corrected chi connectivity index (χ3v) is 5.20. The van der Waals surface area contributed by atoms with Crippen molar-refractivity contribution < 1.29 is 14.0 Å². The summed E-state index contributed by atoms with van der Waals surface area (Å²) in [5, 5.41) is 16.4. The lowest BCUT2D eigenvalue weighted by Gasteiger charge is -1.99. The average Bonchev–Trinajstić information content (AvgIpc) is 3.43. The second kappa shape index (κ2) is 7.56. The fraction of sp³-hybridized carbons (Fsp3) is 0.0588. The van der Waals surface area contributed by atoms with E-state index in [0.717, 1.165) is 10.6 Å². The maximum absolute atomic E-state index is 12.2. The van der Waals surface area contributed by atoms with Crippen molar-refractivity contribution in [1.29, 1.82) is 0 Å². The lowest BCUT2D eigenvalue weighted by atomic mass is 10.3. The Labute approximate surface area is 161 Å². The number of carbonyl (C=O) groups excluding carboxylic acids is 2. The van der Waals surface area contributed by atoms with E-state index in [1.165, 1.54) is 17.6 Å². The maximum Gasteiger partial charge on any atom is 0.293 e. The van der Waals surface area contributed by atoms with Crippen molar-refractivity contribution in [3.05, 3.63) is 58.8 Å². The molecule has 0 unspecified atom stereocenters. The number of rotatable bonds is 6. The molecular formula is C17H13N5O3S2. The summed E-state index contributed by atoms with van der Waals surface area (Å²) in [6.07, 6.45) is 1.50. The molecule has 136 valence electrons. The molecule has 0 aliphatic rings. The van der Waals surface area contributed by atoms with Crippen molar-refractivity contribution in [3.63, 3.8) is 0 Å². The predicted octanol–water partition coefficient (Wildman–Crippen LogP) is 3.62. The highest BCUT2D eigenvalue weighted by atomic mass is 32.1. The van der Waals surface area contributed by atoms with Gasteiger partial charge in [-0.05, 0) is 23.6 Å². The van der Waals surface area contributed by atoms with Gasteiger partial charge in [-0.25, -0.2) is 4.98 Å². The lowest BCUT2D eigenvalue weighted by molar-refractivity contribution is -0.115. The molecule has 0 saturated carbocycles. The van der Waals surface area contributed by atoms with Gasteiger partial charge in [0.2, 0.25) is 5.91 Å². The van der Waals surface area contributed by atoms with Gasteiger partial charge >= 0.3 is 0 Å². The fourth-order valence-electron chi connectivity index (χ4n) is 2.31. The van der Waals surface area contributed by atoms with Gasteiger partial charge in [0, 0.05) is 11.4 Å². The van der Waals surface area contributed by atoms with Crippen LogP contribution in [-0.4, -0.2) is 27.0 Å². The van der Waals surface area contributed by atoms with Crippen LogP contribution < -0.4 is 10.6 Å². The minimum absolute atomic E-state index is 0.0777. The molecule has 0 spiro atoms. The molecule has 0 aliphatic heterocycles. The van der Waals surface area contributed by atoms with E-state index in [1.54, 1.807) is 34.9 Å². The Balaban J connectivity index is 1.33. The second-order valence-corrected chi connectivity index (χ2v) is 7.25. The number of H-pyrrole nitrogens is 1. The van der Waals surface area contributed by atoms with Gasteiger partial charge in [0.1, 0.15) is 0 Å². The van der Waals surface area contributed by atoms with Crippen LogP contribution in [0.5, 0.6) is 0 Å². The van der Waals surface area contributed by atoms with Crippen LogP contribution in [0.25, 0.3) is 10.6 Å². The Morgan fingerprint density at radius 2 is 2.11 bits per heavy atom. The molecular weight excluding hydrogens is 386 g/mol. The SMILES string of the molecule is O=C(Cc1csc(NC(=O)c2ccco2)n1)Nc1cc(-c2cccs2)[nH]n1. The minimum Gasteiger partial charge on any atom is -0.459 e. The first-order valence-electron chi connectivity index (χ1n) is 7.86. The first kappa shape index (κ1) is 17.2. The number of nitrogens with zero attached hydrogens (tertiary/aromatic N) is 2. The van der Waals surface area contributed by atoms with E-state index < -0.39 is 0 Å². The van der Waals surface area contributed by atoms with Crippen LogP contribution in [0.1, 0.15) is 16.2 Å². The summed E-state index contributed by atoms with van der Waals surface area (Å²) >= 11 is 2.82. The van der Waals surface area contributed by atoms with E-state index in [9.17, 15) is 9.59 Å². The number of thiazole rings is 1. The largest absolute Gasteiger partial charge is 0.459 e. The van der Waals surface area contributed by atoms with Crippen LogP contribution in [0.15, 0.2) is 51.8 Å². The number of hydrogen-bond acceptors (Lipinski definition) is 7. The first-order valence-corrected chi connectivity index (χ1v) is 9.62. The summed E-state index contributed by atoms with van der Waals surface area (Å²) < 4.78 is 5.03. The molecule has 4 heterocycles. The first-order chi connectivity index (χ1) is 13.2. The highest BCUT2D eigenvalue weighted by molar-refractivity contribution is 7.14. The zero-order valence-electron chi connectivity index (χ0n) is 13.8. The molecule has 0 bridgehead atoms. The molecule has 10 heteroatoms. The highest BCUT2D eigenvalue weighted by Gasteiger charge is 2.14. The fourth-order valence-corrected chi connectivity index (χ4v) is 3.71. The maximum atomic E-state index is 12.2. The number of hydrogen-bond donors (Lipinski definition) is 3. The smallest absolute Gasteiger partial charge is 0.293 e. The van der Waals surface area contributed by atoms with Crippen LogP contribution in [-0.2, 0) is 11.2 Å². The van der Waals surface area contributed by atoms with E-state index in [0.29, 0.717) is 16.6 Å². The predicted molar refractivity (Wildman–Crippen MR) is 103 cm³/mol. The summed E-state index contributed by atoms with van der Waals surface area (Å²) in [4.78, 5) is 29.4. The molecule has 0 aromatic carbocycles. The van der Waals surface area contributed by atoms with E-state index in [-0.39, 0.29) is 24.0 Å². The Morgan fingerprint density at radius 1 is 1.19 bits per heavy atom. The molecule has 8 nitrogen and oxygen atoms in total. The third kappa shape index (κ3) is 4.13. The van der Waals surface area contributed by atoms with E-state index in [4.69, 9.17) is 4.42 Å². The van der Waals surface area contributed by atoms with Crippen LogP contribution in [0.2, 0.25) is 0 Å². The summed E-state index contributed by atoms with van der Waals surface area (Å²) in [6, 6.07) is 8.89. The number of aromatic nitrogens is 3. The number of aromatic amines is 1. The Kier molecular flexibility index (Phi) is 4.81. The molecule has 0 aliphatic carbocycles. The van der Waals surface area contributed by atoms with Gasteiger partial charge in [-0.1, -0.05) is 6.07 Å². The Morgan fingerprint density at radius 3 is 2.89 bits per heavy atom. The van der Waals surface area contributed by atoms with Crippen molar-refractivity contribution in [2.75, 3.05) is 10.6 Å². The van der Waals surface area contributed by atoms with Gasteiger partial charge < -0.3 is 9.73 Å². The monoisotopic (exact) mass is 399 g/mol. The van der Waals surface area contributed by atoms with Gasteiger partial charge in [-0.3, -0.25) is 20.0 Å². The van der Waals surface area contributed by atoms with E-state index in [2.05, 4.69) is 25.8 Å². The molecule has 27 heavy (non-hydrogen) atoms. The van der Waals surface area contributed by atoms with Gasteiger partial charge in [0.05, 0.1) is 28.9 Å².